The van der Waals surface area contributed by atoms with Crippen molar-refractivity contribution in [3.05, 3.63) is 0 Å². The summed E-state index contributed by atoms with van der Waals surface area (Å²) in [5, 5.41) is 2.80. The van der Waals surface area contributed by atoms with Gasteiger partial charge in [0.15, 0.2) is 0 Å². The quantitative estimate of drug-likeness (QED) is 0.668. The molecule has 0 radical (unpaired) electrons. The normalized spacial score (nSPS) is 16.9. The highest BCUT2D eigenvalue weighted by Gasteiger charge is 2.26. The Bertz CT molecular complexity index is 193. The van der Waals surface area contributed by atoms with Crippen molar-refractivity contribution in [3.63, 3.8) is 0 Å². The van der Waals surface area contributed by atoms with Gasteiger partial charge in [-0.2, -0.15) is 0 Å². The number of ether oxygens (including phenoxy) is 1. The smallest absolute Gasteiger partial charge is 0.239 e. The van der Waals surface area contributed by atoms with Gasteiger partial charge in [-0.05, 0) is 27.2 Å². The van der Waals surface area contributed by atoms with Crippen LogP contribution in [0.4, 0.5) is 0 Å². The van der Waals surface area contributed by atoms with Crippen molar-refractivity contribution in [3.8, 4) is 0 Å². The van der Waals surface area contributed by atoms with Gasteiger partial charge in [0, 0.05) is 13.2 Å². The summed E-state index contributed by atoms with van der Waals surface area (Å²) in [5.74, 6) is -0.101. The van der Waals surface area contributed by atoms with E-state index in [1.54, 1.807) is 6.92 Å². The molecule has 4 heteroatoms. The molecule has 0 aliphatic heterocycles. The van der Waals surface area contributed by atoms with Gasteiger partial charge in [-0.15, -0.1) is 0 Å². The first-order valence-electron chi connectivity index (χ1n) is 5.62. The van der Waals surface area contributed by atoms with Gasteiger partial charge < -0.3 is 15.8 Å². The van der Waals surface area contributed by atoms with Gasteiger partial charge in [0.05, 0.1) is 11.6 Å². The SMILES string of the molecule is CCCC(C)(N)C(=O)NCC(C)OCC. The molecular formula is C11H24N2O2. The molecule has 1 amide bonds. The predicted octanol–water partition coefficient (Wildman–Crippen LogP) is 1.05. The molecule has 0 saturated carbocycles. The fourth-order valence-corrected chi connectivity index (χ4v) is 1.41. The number of nitrogens with one attached hydrogen (secondary N) is 1. The van der Waals surface area contributed by atoms with E-state index < -0.39 is 5.54 Å². The van der Waals surface area contributed by atoms with Crippen LogP contribution in [0, 0.1) is 0 Å². The van der Waals surface area contributed by atoms with Crippen LogP contribution in [-0.2, 0) is 9.53 Å². The zero-order valence-electron chi connectivity index (χ0n) is 10.3. The minimum atomic E-state index is -0.763. The molecule has 0 spiro atoms. The number of carbonyl (C=O) groups excluding carboxylic acids is 1. The Labute approximate surface area is 92.6 Å². The summed E-state index contributed by atoms with van der Waals surface area (Å²) >= 11 is 0. The summed E-state index contributed by atoms with van der Waals surface area (Å²) in [6.07, 6.45) is 1.64. The van der Waals surface area contributed by atoms with Crippen molar-refractivity contribution in [2.24, 2.45) is 5.73 Å². The molecule has 90 valence electrons. The standard InChI is InChI=1S/C11H24N2O2/c1-5-7-11(4,12)10(14)13-8-9(3)15-6-2/h9H,5-8,12H2,1-4H3,(H,13,14). The van der Waals surface area contributed by atoms with E-state index >= 15 is 0 Å². The Balaban J connectivity index is 3.92. The Morgan fingerprint density at radius 1 is 1.53 bits per heavy atom. The molecule has 0 aromatic heterocycles. The molecule has 2 atom stereocenters. The Morgan fingerprint density at radius 2 is 2.13 bits per heavy atom. The minimum Gasteiger partial charge on any atom is -0.377 e. The van der Waals surface area contributed by atoms with Gasteiger partial charge in [0.1, 0.15) is 0 Å². The average molecular weight is 216 g/mol. The number of amides is 1. The molecule has 4 nitrogen and oxygen atoms in total. The lowest BCUT2D eigenvalue weighted by Crippen LogP contribution is -2.52. The van der Waals surface area contributed by atoms with Crippen molar-refractivity contribution < 1.29 is 9.53 Å². The first-order chi connectivity index (χ1) is 6.94. The molecule has 0 fully saturated rings. The maximum absolute atomic E-state index is 11.7. The molecule has 0 aromatic rings. The predicted molar refractivity (Wildman–Crippen MR) is 61.6 cm³/mol. The van der Waals surface area contributed by atoms with Gasteiger partial charge in [0.2, 0.25) is 5.91 Å². The number of nitrogens with two attached hydrogens (primary N) is 1. The van der Waals surface area contributed by atoms with Crippen LogP contribution < -0.4 is 11.1 Å². The monoisotopic (exact) mass is 216 g/mol. The summed E-state index contributed by atoms with van der Waals surface area (Å²) in [6.45, 7) is 8.81. The summed E-state index contributed by atoms with van der Waals surface area (Å²) in [4.78, 5) is 11.7. The molecule has 0 saturated heterocycles. The highest BCUT2D eigenvalue weighted by molar-refractivity contribution is 5.85. The lowest BCUT2D eigenvalue weighted by Gasteiger charge is -2.24. The molecule has 15 heavy (non-hydrogen) atoms. The first-order valence-corrected chi connectivity index (χ1v) is 5.62. The third-order valence-corrected chi connectivity index (χ3v) is 2.29. The van der Waals surface area contributed by atoms with Crippen LogP contribution >= 0.6 is 0 Å². The van der Waals surface area contributed by atoms with E-state index in [-0.39, 0.29) is 12.0 Å². The van der Waals surface area contributed by atoms with E-state index in [1.165, 1.54) is 0 Å². The topological polar surface area (TPSA) is 64.4 Å². The van der Waals surface area contributed by atoms with Gasteiger partial charge in [-0.3, -0.25) is 4.79 Å². The second-order valence-corrected chi connectivity index (χ2v) is 4.14. The average Bonchev–Trinajstić information content (AvgIpc) is 2.14. The molecule has 0 rings (SSSR count). The maximum Gasteiger partial charge on any atom is 0.239 e. The third-order valence-electron chi connectivity index (χ3n) is 2.29. The highest BCUT2D eigenvalue weighted by Crippen LogP contribution is 2.08. The van der Waals surface area contributed by atoms with Crippen molar-refractivity contribution in [2.75, 3.05) is 13.2 Å². The van der Waals surface area contributed by atoms with E-state index in [0.717, 1.165) is 6.42 Å². The fraction of sp³-hybridized carbons (Fsp3) is 0.909. The fourth-order valence-electron chi connectivity index (χ4n) is 1.41. The zero-order valence-corrected chi connectivity index (χ0v) is 10.3. The van der Waals surface area contributed by atoms with Crippen LogP contribution in [0.5, 0.6) is 0 Å². The van der Waals surface area contributed by atoms with Crippen molar-refractivity contribution in [1.82, 2.24) is 5.32 Å². The van der Waals surface area contributed by atoms with Gasteiger partial charge in [0.25, 0.3) is 0 Å². The van der Waals surface area contributed by atoms with Crippen LogP contribution in [0.2, 0.25) is 0 Å². The van der Waals surface area contributed by atoms with E-state index in [1.807, 2.05) is 20.8 Å². The van der Waals surface area contributed by atoms with E-state index in [0.29, 0.717) is 19.6 Å². The largest absolute Gasteiger partial charge is 0.377 e. The lowest BCUT2D eigenvalue weighted by molar-refractivity contribution is -0.126. The van der Waals surface area contributed by atoms with E-state index in [9.17, 15) is 4.79 Å². The summed E-state index contributed by atoms with van der Waals surface area (Å²) in [6, 6.07) is 0. The van der Waals surface area contributed by atoms with Gasteiger partial charge >= 0.3 is 0 Å². The van der Waals surface area contributed by atoms with E-state index in [2.05, 4.69) is 5.32 Å². The third kappa shape index (κ3) is 5.74. The minimum absolute atomic E-state index is 0.0383. The Hall–Kier alpha value is -0.610. The van der Waals surface area contributed by atoms with Crippen LogP contribution in [0.15, 0.2) is 0 Å². The summed E-state index contributed by atoms with van der Waals surface area (Å²) in [7, 11) is 0. The van der Waals surface area contributed by atoms with Crippen molar-refractivity contribution in [1.29, 1.82) is 0 Å². The molecular weight excluding hydrogens is 192 g/mol. The number of hydrogen-bond donors (Lipinski definition) is 2. The highest BCUT2D eigenvalue weighted by atomic mass is 16.5. The molecule has 0 heterocycles. The van der Waals surface area contributed by atoms with Crippen molar-refractivity contribution >= 4 is 5.91 Å². The van der Waals surface area contributed by atoms with Crippen LogP contribution in [0.25, 0.3) is 0 Å². The molecule has 0 bridgehead atoms. The number of carbonyl (C=O) groups is 1. The van der Waals surface area contributed by atoms with Crippen LogP contribution in [-0.4, -0.2) is 30.7 Å². The summed E-state index contributed by atoms with van der Waals surface area (Å²) < 4.78 is 5.31. The zero-order chi connectivity index (χ0) is 11.9. The second-order valence-electron chi connectivity index (χ2n) is 4.14. The lowest BCUT2D eigenvalue weighted by atomic mass is 9.96. The molecule has 0 aliphatic carbocycles. The molecule has 3 N–H and O–H groups in total. The Morgan fingerprint density at radius 3 is 2.60 bits per heavy atom. The van der Waals surface area contributed by atoms with E-state index in [4.69, 9.17) is 10.5 Å². The number of hydrogen-bond acceptors (Lipinski definition) is 3. The van der Waals surface area contributed by atoms with Crippen molar-refractivity contribution in [2.45, 2.75) is 52.2 Å². The van der Waals surface area contributed by atoms with Gasteiger partial charge in [-0.25, -0.2) is 0 Å². The molecule has 0 aliphatic rings. The Kier molecular flexibility index (Phi) is 6.52. The van der Waals surface area contributed by atoms with Gasteiger partial charge in [-0.1, -0.05) is 13.3 Å². The summed E-state index contributed by atoms with van der Waals surface area (Å²) in [5.41, 5.74) is 5.11. The van der Waals surface area contributed by atoms with Crippen LogP contribution in [0.3, 0.4) is 0 Å². The second kappa shape index (κ2) is 6.80. The molecule has 2 unspecified atom stereocenters. The maximum atomic E-state index is 11.7. The first kappa shape index (κ1) is 14.4. The van der Waals surface area contributed by atoms with Crippen LogP contribution in [0.1, 0.15) is 40.5 Å². The number of rotatable bonds is 7. The molecule has 0 aromatic carbocycles.